The van der Waals surface area contributed by atoms with Crippen molar-refractivity contribution in [2.75, 3.05) is 33.4 Å². The summed E-state index contributed by atoms with van der Waals surface area (Å²) in [5.74, 6) is -0.148. The van der Waals surface area contributed by atoms with Crippen LogP contribution in [0.2, 0.25) is 0 Å². The molecule has 0 spiro atoms. The molecule has 0 bridgehead atoms. The second-order valence-corrected chi connectivity index (χ2v) is 7.64. The third-order valence-electron chi connectivity index (χ3n) is 3.66. The zero-order valence-corrected chi connectivity index (χ0v) is 20.4. The number of rotatable bonds is 13. The van der Waals surface area contributed by atoms with Gasteiger partial charge in [-0.3, -0.25) is 14.4 Å². The minimum absolute atomic E-state index is 0.0271. The van der Waals surface area contributed by atoms with E-state index in [1.807, 2.05) is 27.7 Å². The van der Waals surface area contributed by atoms with Crippen LogP contribution in [-0.4, -0.2) is 74.0 Å². The summed E-state index contributed by atoms with van der Waals surface area (Å²) in [6, 6.07) is 0.436. The second kappa shape index (κ2) is 19.3. The molecule has 0 radical (unpaired) electrons. The van der Waals surface area contributed by atoms with Crippen LogP contribution in [0.25, 0.3) is 0 Å². The van der Waals surface area contributed by atoms with E-state index in [1.54, 1.807) is 20.9 Å². The van der Waals surface area contributed by atoms with Crippen LogP contribution < -0.4 is 16.0 Å². The Balaban J connectivity index is -0.00000133. The number of ether oxygens (including phenoxy) is 2. The van der Waals surface area contributed by atoms with Crippen LogP contribution in [0.5, 0.6) is 0 Å². The lowest BCUT2D eigenvalue weighted by molar-refractivity contribution is -0.146. The van der Waals surface area contributed by atoms with Gasteiger partial charge in [-0.05, 0) is 40.7 Å². The second-order valence-electron chi connectivity index (χ2n) is 7.64. The topological polar surface area (TPSA) is 126 Å². The normalized spacial score (nSPS) is 10.9. The number of nitrogens with one attached hydrogen (secondary N) is 3. The van der Waals surface area contributed by atoms with Crippen LogP contribution in [0.4, 0.5) is 0 Å². The van der Waals surface area contributed by atoms with Gasteiger partial charge in [-0.25, -0.2) is 0 Å². The maximum atomic E-state index is 11.8. The summed E-state index contributed by atoms with van der Waals surface area (Å²) in [7, 11) is 1.58. The van der Waals surface area contributed by atoms with Gasteiger partial charge in [-0.1, -0.05) is 27.7 Å². The van der Waals surface area contributed by atoms with Crippen LogP contribution in [0.1, 0.15) is 68.2 Å². The van der Waals surface area contributed by atoms with Crippen molar-refractivity contribution in [2.45, 2.75) is 85.5 Å². The Morgan fingerprint density at radius 3 is 2.03 bits per heavy atom. The predicted octanol–water partition coefficient (Wildman–Crippen LogP) is 1.94. The van der Waals surface area contributed by atoms with Gasteiger partial charge in [0, 0.05) is 26.1 Å². The molecule has 180 valence electrons. The number of hydrogen-bond donors (Lipinski definition) is 4. The van der Waals surface area contributed by atoms with Crippen LogP contribution in [0.15, 0.2) is 0 Å². The standard InChI is InChI=1S/C18H37N3O4.C2H6.CH2O2/c1-14(2)20-10-8-9-15(22)21-13-17(3,4)24-11-12-25-18(5,6)16(23)19-7;1-2;2-1-3/h14,20H,8-13H2,1-7H3,(H,19,23)(H,21,22);1-2H3;1H,(H,2,3). The number of likely N-dealkylation sites (N-methyl/N-ethyl adjacent to an activating group) is 1. The van der Waals surface area contributed by atoms with Crippen molar-refractivity contribution in [3.8, 4) is 0 Å². The molecule has 0 rings (SSSR count). The molecule has 9 heteroatoms. The Labute approximate surface area is 182 Å². The van der Waals surface area contributed by atoms with Gasteiger partial charge in [0.2, 0.25) is 5.91 Å². The lowest BCUT2D eigenvalue weighted by atomic mass is 10.1. The van der Waals surface area contributed by atoms with E-state index in [9.17, 15) is 9.59 Å². The van der Waals surface area contributed by atoms with Gasteiger partial charge in [0.15, 0.2) is 0 Å². The van der Waals surface area contributed by atoms with Gasteiger partial charge in [-0.2, -0.15) is 0 Å². The van der Waals surface area contributed by atoms with E-state index in [1.165, 1.54) is 0 Å². The maximum Gasteiger partial charge on any atom is 0.290 e. The van der Waals surface area contributed by atoms with Crippen molar-refractivity contribution >= 4 is 18.3 Å². The highest BCUT2D eigenvalue weighted by atomic mass is 16.5. The molecule has 0 aliphatic heterocycles. The van der Waals surface area contributed by atoms with E-state index in [-0.39, 0.29) is 18.3 Å². The molecule has 0 atom stereocenters. The zero-order valence-electron chi connectivity index (χ0n) is 20.4. The van der Waals surface area contributed by atoms with Crippen molar-refractivity contribution in [1.82, 2.24) is 16.0 Å². The average molecular weight is 436 g/mol. The summed E-state index contributed by atoms with van der Waals surface area (Å²) in [6.07, 6.45) is 1.31. The molecule has 0 aliphatic rings. The van der Waals surface area contributed by atoms with E-state index in [0.717, 1.165) is 13.0 Å². The zero-order chi connectivity index (χ0) is 24.2. The first-order chi connectivity index (χ1) is 13.9. The Hall–Kier alpha value is -1.71. The quantitative estimate of drug-likeness (QED) is 0.257. The minimum Gasteiger partial charge on any atom is -0.483 e. The van der Waals surface area contributed by atoms with E-state index in [2.05, 4.69) is 29.8 Å². The van der Waals surface area contributed by atoms with Crippen LogP contribution >= 0.6 is 0 Å². The summed E-state index contributed by atoms with van der Waals surface area (Å²) in [5.41, 5.74) is -1.38. The molecule has 30 heavy (non-hydrogen) atoms. The third kappa shape index (κ3) is 21.0. The van der Waals surface area contributed by atoms with E-state index < -0.39 is 11.2 Å². The number of carboxylic acid groups (broad SMARTS) is 1. The molecule has 0 aliphatic carbocycles. The third-order valence-corrected chi connectivity index (χ3v) is 3.66. The highest BCUT2D eigenvalue weighted by Crippen LogP contribution is 2.11. The lowest BCUT2D eigenvalue weighted by Crippen LogP contribution is -2.44. The molecular weight excluding hydrogens is 390 g/mol. The Bertz CT molecular complexity index is 454. The van der Waals surface area contributed by atoms with Gasteiger partial charge < -0.3 is 30.5 Å². The number of carbonyl (C=O) groups excluding carboxylic acids is 2. The maximum absolute atomic E-state index is 11.8. The number of amides is 2. The first-order valence-corrected chi connectivity index (χ1v) is 10.5. The molecule has 0 unspecified atom stereocenters. The predicted molar refractivity (Wildman–Crippen MR) is 120 cm³/mol. The molecular formula is C21H45N3O6. The van der Waals surface area contributed by atoms with Gasteiger partial charge in [0.05, 0.1) is 18.8 Å². The summed E-state index contributed by atoms with van der Waals surface area (Å²) in [5, 5.41) is 15.6. The highest BCUT2D eigenvalue weighted by molar-refractivity contribution is 5.83. The Morgan fingerprint density at radius 1 is 1.07 bits per heavy atom. The first-order valence-electron chi connectivity index (χ1n) is 10.5. The molecule has 4 N–H and O–H groups in total. The minimum atomic E-state index is -0.888. The average Bonchev–Trinajstić information content (AvgIpc) is 2.68. The summed E-state index contributed by atoms with van der Waals surface area (Å²) in [4.78, 5) is 31.8. The molecule has 0 aromatic rings. The fourth-order valence-electron chi connectivity index (χ4n) is 2.07. The lowest BCUT2D eigenvalue weighted by Gasteiger charge is -2.28. The van der Waals surface area contributed by atoms with Crippen molar-refractivity contribution in [1.29, 1.82) is 0 Å². The monoisotopic (exact) mass is 435 g/mol. The van der Waals surface area contributed by atoms with Crippen LogP contribution in [0.3, 0.4) is 0 Å². The van der Waals surface area contributed by atoms with Crippen molar-refractivity contribution in [2.24, 2.45) is 0 Å². The summed E-state index contributed by atoms with van der Waals surface area (Å²) in [6.45, 7) is 17.1. The number of hydrogen-bond acceptors (Lipinski definition) is 6. The van der Waals surface area contributed by atoms with Gasteiger partial charge >= 0.3 is 0 Å². The van der Waals surface area contributed by atoms with Crippen LogP contribution in [-0.2, 0) is 23.9 Å². The SMILES string of the molecule is CC.CNC(=O)C(C)(C)OCCOC(C)(C)CNC(=O)CCCNC(C)C.O=CO. The van der Waals surface area contributed by atoms with Crippen molar-refractivity contribution < 1.29 is 29.0 Å². The molecule has 0 heterocycles. The van der Waals surface area contributed by atoms with Crippen molar-refractivity contribution in [3.63, 3.8) is 0 Å². The largest absolute Gasteiger partial charge is 0.483 e. The number of carbonyl (C=O) groups is 3. The summed E-state index contributed by atoms with van der Waals surface area (Å²) < 4.78 is 11.3. The molecule has 0 aromatic carbocycles. The van der Waals surface area contributed by atoms with E-state index >= 15 is 0 Å². The smallest absolute Gasteiger partial charge is 0.290 e. The fourth-order valence-corrected chi connectivity index (χ4v) is 2.07. The highest BCUT2D eigenvalue weighted by Gasteiger charge is 2.27. The molecule has 2 amide bonds. The van der Waals surface area contributed by atoms with E-state index in [4.69, 9.17) is 19.4 Å². The molecule has 0 saturated heterocycles. The molecule has 0 saturated carbocycles. The van der Waals surface area contributed by atoms with Gasteiger partial charge in [0.1, 0.15) is 5.60 Å². The Morgan fingerprint density at radius 2 is 1.57 bits per heavy atom. The Kier molecular flexibility index (Phi) is 21.2. The first kappa shape index (κ1) is 32.9. The van der Waals surface area contributed by atoms with Crippen LogP contribution in [0, 0.1) is 0 Å². The van der Waals surface area contributed by atoms with Gasteiger partial charge in [0.25, 0.3) is 12.4 Å². The molecule has 9 nitrogen and oxygen atoms in total. The fraction of sp³-hybridized carbons (Fsp3) is 0.857. The van der Waals surface area contributed by atoms with Crippen molar-refractivity contribution in [3.05, 3.63) is 0 Å². The molecule has 0 aromatic heterocycles. The summed E-state index contributed by atoms with van der Waals surface area (Å²) >= 11 is 0. The van der Waals surface area contributed by atoms with E-state index in [0.29, 0.717) is 32.2 Å². The molecule has 0 fully saturated rings. The van der Waals surface area contributed by atoms with Gasteiger partial charge in [-0.15, -0.1) is 0 Å².